The van der Waals surface area contributed by atoms with Crippen molar-refractivity contribution in [2.24, 2.45) is 0 Å². The van der Waals surface area contributed by atoms with Gasteiger partial charge in [-0.2, -0.15) is 18.3 Å². The van der Waals surface area contributed by atoms with Gasteiger partial charge in [0.05, 0.1) is 11.2 Å². The van der Waals surface area contributed by atoms with Crippen LogP contribution in [0.4, 0.5) is 13.2 Å². The summed E-state index contributed by atoms with van der Waals surface area (Å²) in [6.07, 6.45) is 2.69. The van der Waals surface area contributed by atoms with E-state index < -0.39 is 12.7 Å². The number of fused-ring (bicyclic) bond motifs is 2. The van der Waals surface area contributed by atoms with Gasteiger partial charge in [0.15, 0.2) is 0 Å². The maximum atomic E-state index is 12.8. The Morgan fingerprint density at radius 1 is 1.06 bits per heavy atom. The van der Waals surface area contributed by atoms with E-state index in [0.29, 0.717) is 11.3 Å². The molecule has 2 aliphatic heterocycles. The van der Waals surface area contributed by atoms with Gasteiger partial charge in [-0.1, -0.05) is 6.07 Å². The van der Waals surface area contributed by atoms with Crippen LogP contribution >= 0.6 is 0 Å². The topological polar surface area (TPSA) is 35.2 Å². The Kier molecular flexibility index (Phi) is 5.42. The molecule has 0 aliphatic carbocycles. The number of rotatable bonds is 5. The number of alkyl halides is 3. The zero-order chi connectivity index (χ0) is 21.4. The second-order valence-corrected chi connectivity index (χ2v) is 8.65. The van der Waals surface area contributed by atoms with Crippen molar-refractivity contribution in [2.45, 2.75) is 64.0 Å². The third-order valence-electron chi connectivity index (χ3n) is 6.30. The van der Waals surface area contributed by atoms with Crippen molar-refractivity contribution in [3.05, 3.63) is 47.9 Å². The van der Waals surface area contributed by atoms with E-state index in [9.17, 15) is 13.2 Å². The summed E-state index contributed by atoms with van der Waals surface area (Å²) in [7, 11) is 0. The van der Waals surface area contributed by atoms with Crippen LogP contribution < -0.4 is 4.74 Å². The monoisotopic (exact) mass is 432 g/mol. The number of piperidine rings is 1. The number of benzene rings is 1. The van der Waals surface area contributed by atoms with Crippen LogP contribution in [0.2, 0.25) is 0 Å². The largest absolute Gasteiger partial charge is 0.490 e. The highest BCUT2D eigenvalue weighted by Gasteiger charge is 2.29. The minimum Gasteiger partial charge on any atom is -0.490 e. The zero-order valence-corrected chi connectivity index (χ0v) is 17.4. The lowest BCUT2D eigenvalue weighted by atomic mass is 10.1. The molecule has 1 aromatic carbocycles. The van der Waals surface area contributed by atoms with Crippen molar-refractivity contribution in [1.29, 1.82) is 0 Å². The van der Waals surface area contributed by atoms with Crippen molar-refractivity contribution < 1.29 is 17.9 Å². The van der Waals surface area contributed by atoms with Crippen LogP contribution in [0.5, 0.6) is 5.75 Å². The molecular weight excluding hydrogens is 405 g/mol. The molecule has 0 N–H and O–H groups in total. The molecule has 4 heterocycles. The molecule has 1 fully saturated rings. The summed E-state index contributed by atoms with van der Waals surface area (Å²) in [6.45, 7) is 2.76. The van der Waals surface area contributed by atoms with Gasteiger partial charge in [0.1, 0.15) is 18.4 Å². The minimum absolute atomic E-state index is 0.0722. The maximum Gasteiger partial charge on any atom is 0.406 e. The SMILES string of the molecule is FC(F)(F)Cn1ccc2c(OC3CCN(Cc4cc5n(n4)CCCC5)CC3)cccc21. The first-order chi connectivity index (χ1) is 14.9. The van der Waals surface area contributed by atoms with Crippen LogP contribution in [0.3, 0.4) is 0 Å². The van der Waals surface area contributed by atoms with Crippen LogP contribution in [-0.4, -0.2) is 44.6 Å². The minimum atomic E-state index is -4.25. The third kappa shape index (κ3) is 4.59. The highest BCUT2D eigenvalue weighted by Crippen LogP contribution is 2.31. The van der Waals surface area contributed by atoms with E-state index in [-0.39, 0.29) is 6.10 Å². The highest BCUT2D eigenvalue weighted by molar-refractivity contribution is 5.86. The number of halogens is 3. The molecule has 5 nitrogen and oxygen atoms in total. The summed E-state index contributed by atoms with van der Waals surface area (Å²) < 4.78 is 48.1. The molecule has 166 valence electrons. The standard InChI is InChI=1S/C23H27F3N4O/c24-23(25,26)16-29-13-9-20-21(29)5-3-6-22(20)31-19-7-11-28(12-8-19)15-17-14-18-4-1-2-10-30(18)27-17/h3,5-6,9,13-14,19H,1-2,4,7-8,10-12,15-16H2. The zero-order valence-electron chi connectivity index (χ0n) is 17.4. The predicted octanol–water partition coefficient (Wildman–Crippen LogP) is 4.78. The van der Waals surface area contributed by atoms with Crippen molar-refractivity contribution in [3.8, 4) is 5.75 Å². The van der Waals surface area contributed by atoms with E-state index in [1.54, 1.807) is 18.2 Å². The molecule has 0 unspecified atom stereocenters. The molecule has 8 heteroatoms. The van der Waals surface area contributed by atoms with Crippen molar-refractivity contribution >= 4 is 10.9 Å². The lowest BCUT2D eigenvalue weighted by molar-refractivity contribution is -0.139. The molecule has 0 atom stereocenters. The number of hydrogen-bond donors (Lipinski definition) is 0. The molecule has 3 aromatic rings. The van der Waals surface area contributed by atoms with E-state index in [0.717, 1.165) is 56.5 Å². The third-order valence-corrected chi connectivity index (χ3v) is 6.30. The van der Waals surface area contributed by atoms with Gasteiger partial charge in [-0.3, -0.25) is 9.58 Å². The normalized spacial score (nSPS) is 18.4. The first-order valence-electron chi connectivity index (χ1n) is 11.0. The number of aryl methyl sites for hydroxylation is 2. The molecule has 0 bridgehead atoms. The van der Waals surface area contributed by atoms with Crippen LogP contribution in [0.25, 0.3) is 10.9 Å². The van der Waals surface area contributed by atoms with Gasteiger partial charge < -0.3 is 9.30 Å². The van der Waals surface area contributed by atoms with E-state index >= 15 is 0 Å². The van der Waals surface area contributed by atoms with Crippen LogP contribution in [0.15, 0.2) is 36.5 Å². The molecule has 0 amide bonds. The van der Waals surface area contributed by atoms with Crippen molar-refractivity contribution in [1.82, 2.24) is 19.2 Å². The summed E-state index contributed by atoms with van der Waals surface area (Å²) in [4.78, 5) is 2.41. The van der Waals surface area contributed by atoms with Gasteiger partial charge in [-0.05, 0) is 56.4 Å². The molecule has 0 radical (unpaired) electrons. The number of aromatic nitrogens is 3. The lowest BCUT2D eigenvalue weighted by Gasteiger charge is -2.31. The quantitative estimate of drug-likeness (QED) is 0.582. The number of hydrogen-bond acceptors (Lipinski definition) is 3. The fourth-order valence-corrected chi connectivity index (χ4v) is 4.78. The fourth-order valence-electron chi connectivity index (χ4n) is 4.78. The summed E-state index contributed by atoms with van der Waals surface area (Å²) in [5, 5.41) is 5.49. The van der Waals surface area contributed by atoms with Gasteiger partial charge in [0.2, 0.25) is 0 Å². The number of ether oxygens (including phenoxy) is 1. The Bertz CT molecular complexity index is 1020. The average molecular weight is 432 g/mol. The Hall–Kier alpha value is -2.48. The van der Waals surface area contributed by atoms with E-state index in [2.05, 4.69) is 15.6 Å². The predicted molar refractivity (Wildman–Crippen MR) is 112 cm³/mol. The second kappa shape index (κ2) is 8.22. The molecule has 0 saturated carbocycles. The molecule has 5 rings (SSSR count). The molecule has 31 heavy (non-hydrogen) atoms. The van der Waals surface area contributed by atoms with Crippen LogP contribution in [0.1, 0.15) is 37.1 Å². The Labute approximate surface area is 179 Å². The van der Waals surface area contributed by atoms with Gasteiger partial charge in [-0.15, -0.1) is 0 Å². The summed E-state index contributed by atoms with van der Waals surface area (Å²) in [5.74, 6) is 0.665. The summed E-state index contributed by atoms with van der Waals surface area (Å²) in [5.41, 5.74) is 3.05. The maximum absolute atomic E-state index is 12.8. The first-order valence-corrected chi connectivity index (χ1v) is 11.0. The van der Waals surface area contributed by atoms with E-state index in [1.165, 1.54) is 29.3 Å². The molecule has 0 spiro atoms. The molecular formula is C23H27F3N4O. The Morgan fingerprint density at radius 3 is 2.68 bits per heavy atom. The lowest BCUT2D eigenvalue weighted by Crippen LogP contribution is -2.37. The summed E-state index contributed by atoms with van der Waals surface area (Å²) in [6, 6.07) is 9.28. The van der Waals surface area contributed by atoms with Gasteiger partial charge in [0.25, 0.3) is 0 Å². The van der Waals surface area contributed by atoms with Crippen LogP contribution in [-0.2, 0) is 26.1 Å². The van der Waals surface area contributed by atoms with Crippen molar-refractivity contribution in [2.75, 3.05) is 13.1 Å². The number of nitrogens with zero attached hydrogens (tertiary/aromatic N) is 4. The fraction of sp³-hybridized carbons (Fsp3) is 0.522. The Balaban J connectivity index is 1.20. The van der Waals surface area contributed by atoms with Crippen LogP contribution in [0, 0.1) is 0 Å². The smallest absolute Gasteiger partial charge is 0.406 e. The van der Waals surface area contributed by atoms with E-state index in [4.69, 9.17) is 9.84 Å². The molecule has 1 saturated heterocycles. The van der Waals surface area contributed by atoms with E-state index in [1.807, 2.05) is 6.07 Å². The Morgan fingerprint density at radius 2 is 1.90 bits per heavy atom. The summed E-state index contributed by atoms with van der Waals surface area (Å²) >= 11 is 0. The highest BCUT2D eigenvalue weighted by atomic mass is 19.4. The van der Waals surface area contributed by atoms with Gasteiger partial charge >= 0.3 is 6.18 Å². The van der Waals surface area contributed by atoms with Gasteiger partial charge in [0, 0.05) is 43.5 Å². The van der Waals surface area contributed by atoms with Gasteiger partial charge in [-0.25, -0.2) is 0 Å². The first kappa shape index (κ1) is 20.4. The molecule has 2 aliphatic rings. The average Bonchev–Trinajstić information content (AvgIpc) is 3.32. The number of likely N-dealkylation sites (tertiary alicyclic amines) is 1. The van der Waals surface area contributed by atoms with Crippen molar-refractivity contribution in [3.63, 3.8) is 0 Å². The molecule has 2 aromatic heterocycles. The second-order valence-electron chi connectivity index (χ2n) is 8.65.